The Kier molecular flexibility index (Phi) is 4.84. The summed E-state index contributed by atoms with van der Waals surface area (Å²) in [6.07, 6.45) is 3.48. The van der Waals surface area contributed by atoms with Crippen LogP contribution in [-0.4, -0.2) is 33.0 Å². The molecule has 10 heteroatoms. The SMILES string of the molecule is O=S(=O)(c1ccccc1)n1ncc2c(C3=NCI=NN3)cc(-c3cccc4[nH]ccc34)cc21. The number of hydrogen-bond acceptors (Lipinski definition) is 6. The highest BCUT2D eigenvalue weighted by Crippen LogP contribution is 2.34. The maximum atomic E-state index is 13.5. The van der Waals surface area contributed by atoms with Crippen LogP contribution in [0.3, 0.4) is 0 Å². The predicted octanol–water partition coefficient (Wildman–Crippen LogP) is 4.80. The number of hydrogen-bond donors (Lipinski definition) is 2. The highest BCUT2D eigenvalue weighted by molar-refractivity contribution is 14.2. The maximum Gasteiger partial charge on any atom is 0.283 e. The van der Waals surface area contributed by atoms with Crippen LogP contribution in [-0.2, 0) is 10.0 Å². The van der Waals surface area contributed by atoms with Gasteiger partial charge in [-0.25, -0.2) is 0 Å². The summed E-state index contributed by atoms with van der Waals surface area (Å²) in [5.74, 6) is 0.630. The molecule has 2 aromatic heterocycles. The molecule has 0 saturated heterocycles. The fourth-order valence-corrected chi connectivity index (χ4v) is 6.37. The van der Waals surface area contributed by atoms with Gasteiger partial charge in [0.1, 0.15) is 4.55 Å². The van der Waals surface area contributed by atoms with Crippen molar-refractivity contribution in [3.63, 3.8) is 0 Å². The number of alkyl halides is 1. The number of nitrogens with zero attached hydrogens (tertiary/aromatic N) is 4. The molecule has 164 valence electrons. The lowest BCUT2D eigenvalue weighted by Gasteiger charge is -2.13. The average Bonchev–Trinajstić information content (AvgIpc) is 3.52. The summed E-state index contributed by atoms with van der Waals surface area (Å²) in [6.45, 7) is 0. The lowest BCUT2D eigenvalue weighted by atomic mass is 9.97. The molecule has 0 aliphatic carbocycles. The fraction of sp³-hybridized carbons (Fsp3) is 0.0435. The summed E-state index contributed by atoms with van der Waals surface area (Å²) in [5.41, 5.74) is 7.18. The number of H-pyrrole nitrogens is 1. The highest BCUT2D eigenvalue weighted by atomic mass is 127. The van der Waals surface area contributed by atoms with Gasteiger partial charge in [-0.15, -0.1) is 0 Å². The minimum Gasteiger partial charge on any atom is -0.361 e. The van der Waals surface area contributed by atoms with Crippen molar-refractivity contribution < 1.29 is 8.42 Å². The van der Waals surface area contributed by atoms with Crippen LogP contribution in [0.2, 0.25) is 0 Å². The van der Waals surface area contributed by atoms with Crippen LogP contribution in [0.15, 0.2) is 92.3 Å². The summed E-state index contributed by atoms with van der Waals surface area (Å²) in [7, 11) is -3.88. The predicted molar refractivity (Wildman–Crippen MR) is 137 cm³/mol. The van der Waals surface area contributed by atoms with Crippen LogP contribution < -0.4 is 5.43 Å². The first-order valence-electron chi connectivity index (χ1n) is 10.1. The molecule has 0 fully saturated rings. The number of aromatic amines is 1. The molecule has 8 nitrogen and oxygen atoms in total. The van der Waals surface area contributed by atoms with Crippen LogP contribution in [0.25, 0.3) is 32.9 Å². The molecule has 1 aliphatic rings. The van der Waals surface area contributed by atoms with Crippen molar-refractivity contribution in [2.45, 2.75) is 4.90 Å². The minimum absolute atomic E-state index is 0.183. The van der Waals surface area contributed by atoms with E-state index in [-0.39, 0.29) is 25.9 Å². The van der Waals surface area contributed by atoms with Crippen LogP contribution in [0.1, 0.15) is 5.56 Å². The third-order valence-electron chi connectivity index (χ3n) is 5.57. The zero-order valence-corrected chi connectivity index (χ0v) is 20.1. The van der Waals surface area contributed by atoms with E-state index in [1.165, 1.54) is 0 Å². The highest BCUT2D eigenvalue weighted by Gasteiger charge is 2.23. The van der Waals surface area contributed by atoms with Gasteiger partial charge in [-0.05, 0) is 47.5 Å². The molecular weight excluding hydrogens is 551 g/mol. The van der Waals surface area contributed by atoms with Gasteiger partial charge in [-0.2, -0.15) is 20.9 Å². The second-order valence-electron chi connectivity index (χ2n) is 7.45. The van der Waals surface area contributed by atoms with E-state index in [1.54, 1.807) is 36.5 Å². The number of benzene rings is 3. The zero-order chi connectivity index (χ0) is 22.4. The van der Waals surface area contributed by atoms with E-state index in [9.17, 15) is 8.42 Å². The van der Waals surface area contributed by atoms with Crippen molar-refractivity contribution in [3.8, 4) is 11.1 Å². The van der Waals surface area contributed by atoms with Crippen molar-refractivity contribution >= 4 is 58.7 Å². The van der Waals surface area contributed by atoms with Crippen LogP contribution in [0, 0.1) is 0 Å². The zero-order valence-electron chi connectivity index (χ0n) is 17.1. The molecule has 6 rings (SSSR count). The Labute approximate surface area is 199 Å². The molecule has 0 saturated carbocycles. The topological polar surface area (TPSA) is 104 Å². The number of fused-ring (bicyclic) bond motifs is 2. The van der Waals surface area contributed by atoms with Crippen molar-refractivity contribution in [2.24, 2.45) is 8.25 Å². The number of aliphatic imine (C=N–C) groups is 1. The Hall–Kier alpha value is -3.38. The van der Waals surface area contributed by atoms with E-state index in [0.717, 1.165) is 31.7 Å². The van der Waals surface area contributed by atoms with E-state index in [4.69, 9.17) is 0 Å². The van der Waals surface area contributed by atoms with Crippen molar-refractivity contribution in [3.05, 3.63) is 84.7 Å². The minimum atomic E-state index is -3.88. The largest absolute Gasteiger partial charge is 0.361 e. The Morgan fingerprint density at radius 3 is 2.64 bits per heavy atom. The third-order valence-corrected chi connectivity index (χ3v) is 8.41. The average molecular weight is 568 g/mol. The standard InChI is InChI=1S/C23H17IN6O2S/c31-33(32,16-5-2-1-3-6-16)30-22-12-15(17-7-4-8-21-18(17)9-10-25-21)11-19(20(22)13-27-30)23-26-14-24-29-28-23/h1-13,25H,14H2,(H,26,28). The molecule has 0 spiro atoms. The molecule has 33 heavy (non-hydrogen) atoms. The van der Waals surface area contributed by atoms with Gasteiger partial charge in [-0.1, -0.05) is 30.3 Å². The van der Waals surface area contributed by atoms with Crippen LogP contribution >= 0.6 is 21.0 Å². The van der Waals surface area contributed by atoms with Crippen molar-refractivity contribution in [2.75, 3.05) is 4.55 Å². The molecular formula is C23H17IN6O2S. The molecule has 0 radical (unpaired) electrons. The van der Waals surface area contributed by atoms with E-state index >= 15 is 0 Å². The molecule has 3 heterocycles. The van der Waals surface area contributed by atoms with Gasteiger partial charge in [0.25, 0.3) is 10.0 Å². The summed E-state index contributed by atoms with van der Waals surface area (Å²) in [4.78, 5) is 8.05. The number of rotatable bonds is 4. The summed E-state index contributed by atoms with van der Waals surface area (Å²) < 4.78 is 33.1. The molecule has 5 aromatic rings. The molecule has 3 aromatic carbocycles. The van der Waals surface area contributed by atoms with E-state index in [0.29, 0.717) is 21.3 Å². The van der Waals surface area contributed by atoms with Crippen molar-refractivity contribution in [1.29, 1.82) is 0 Å². The normalized spacial score (nSPS) is 14.1. The second kappa shape index (κ2) is 7.89. The third kappa shape index (κ3) is 3.37. The Morgan fingerprint density at radius 2 is 1.82 bits per heavy atom. The number of amidine groups is 1. The number of nitrogens with one attached hydrogen (secondary N) is 2. The fourth-order valence-electron chi connectivity index (χ4n) is 4.04. The monoisotopic (exact) mass is 568 g/mol. The molecule has 0 atom stereocenters. The van der Waals surface area contributed by atoms with Gasteiger partial charge in [-0.3, -0.25) is 10.4 Å². The molecule has 2 N–H and O–H groups in total. The van der Waals surface area contributed by atoms with Gasteiger partial charge in [0.2, 0.25) is 0 Å². The lowest BCUT2D eigenvalue weighted by molar-refractivity contribution is 0.582. The first-order chi connectivity index (χ1) is 16.1. The lowest BCUT2D eigenvalue weighted by Crippen LogP contribution is -2.20. The van der Waals surface area contributed by atoms with Gasteiger partial charge in [0.05, 0.1) is 16.6 Å². The summed E-state index contributed by atoms with van der Waals surface area (Å²) in [6, 6.07) is 20.3. The Balaban J connectivity index is 1.65. The molecule has 0 unspecified atom stereocenters. The van der Waals surface area contributed by atoms with E-state index in [1.807, 2.05) is 42.6 Å². The van der Waals surface area contributed by atoms with Crippen LogP contribution in [0.5, 0.6) is 0 Å². The van der Waals surface area contributed by atoms with Gasteiger partial charge in [0, 0.05) is 49.1 Å². The van der Waals surface area contributed by atoms with E-state index < -0.39 is 10.0 Å². The summed E-state index contributed by atoms with van der Waals surface area (Å²) >= 11 is -0.357. The van der Waals surface area contributed by atoms with E-state index in [2.05, 4.69) is 23.8 Å². The van der Waals surface area contributed by atoms with Crippen molar-refractivity contribution in [1.82, 2.24) is 19.6 Å². The smallest absolute Gasteiger partial charge is 0.283 e. The van der Waals surface area contributed by atoms with Gasteiger partial charge >= 0.3 is 0 Å². The quantitative estimate of drug-likeness (QED) is 0.185. The Morgan fingerprint density at radius 1 is 0.939 bits per heavy atom. The Bertz CT molecular complexity index is 1690. The summed E-state index contributed by atoms with van der Waals surface area (Å²) in [5, 5.41) is 6.05. The maximum absolute atomic E-state index is 13.5. The number of aromatic nitrogens is 3. The first kappa shape index (κ1) is 20.2. The molecule has 1 aliphatic heterocycles. The van der Waals surface area contributed by atoms with Crippen LogP contribution in [0.4, 0.5) is 0 Å². The van der Waals surface area contributed by atoms with Gasteiger partial charge < -0.3 is 4.98 Å². The second-order valence-corrected chi connectivity index (χ2v) is 11.1. The van der Waals surface area contributed by atoms with Gasteiger partial charge in [0.15, 0.2) is 5.84 Å². The molecule has 0 bridgehead atoms. The molecule has 0 amide bonds. The first-order valence-corrected chi connectivity index (χ1v) is 14.0. The number of halogens is 1.